The Kier molecular flexibility index (Phi) is 5.84. The van der Waals surface area contributed by atoms with Crippen LogP contribution < -0.4 is 0 Å². The van der Waals surface area contributed by atoms with Gasteiger partial charge in [0.1, 0.15) is 0 Å². The Bertz CT molecular complexity index is 779. The van der Waals surface area contributed by atoms with Gasteiger partial charge in [-0.15, -0.1) is 0 Å². The highest BCUT2D eigenvalue weighted by atomic mass is 19.4. The molecule has 146 valence electrons. The molecule has 2 aromatic rings. The van der Waals surface area contributed by atoms with Gasteiger partial charge >= 0.3 is 6.18 Å². The van der Waals surface area contributed by atoms with Crippen LogP contribution in [0, 0.1) is 6.92 Å². The highest BCUT2D eigenvalue weighted by molar-refractivity contribution is 5.76. The predicted octanol–water partition coefficient (Wildman–Crippen LogP) is 2.94. The summed E-state index contributed by atoms with van der Waals surface area (Å²) in [6.45, 7) is 5.46. The summed E-state index contributed by atoms with van der Waals surface area (Å²) in [5.74, 6) is 0.0867. The van der Waals surface area contributed by atoms with E-state index in [9.17, 15) is 18.0 Å². The number of hydrogen-bond donors (Lipinski definition) is 0. The van der Waals surface area contributed by atoms with Crippen LogP contribution in [0.5, 0.6) is 0 Å². The zero-order valence-corrected chi connectivity index (χ0v) is 15.2. The van der Waals surface area contributed by atoms with Crippen LogP contribution in [0.15, 0.2) is 36.5 Å². The predicted molar refractivity (Wildman–Crippen MR) is 94.9 cm³/mol. The van der Waals surface area contributed by atoms with Crippen molar-refractivity contribution in [3.63, 3.8) is 0 Å². The Morgan fingerprint density at radius 2 is 1.89 bits per heavy atom. The van der Waals surface area contributed by atoms with E-state index in [1.165, 1.54) is 12.1 Å². The monoisotopic (exact) mass is 380 g/mol. The van der Waals surface area contributed by atoms with Crippen LogP contribution in [0.1, 0.15) is 23.2 Å². The van der Waals surface area contributed by atoms with Crippen molar-refractivity contribution in [3.05, 3.63) is 53.3 Å². The van der Waals surface area contributed by atoms with E-state index in [4.69, 9.17) is 0 Å². The van der Waals surface area contributed by atoms with E-state index in [0.29, 0.717) is 51.3 Å². The minimum atomic E-state index is -4.33. The number of amides is 1. The third-order valence-electron chi connectivity index (χ3n) is 4.85. The number of alkyl halides is 3. The van der Waals surface area contributed by atoms with Crippen molar-refractivity contribution in [2.24, 2.45) is 0 Å². The summed E-state index contributed by atoms with van der Waals surface area (Å²) in [5.41, 5.74) is 1.04. The molecule has 3 rings (SSSR count). The van der Waals surface area contributed by atoms with E-state index >= 15 is 0 Å². The van der Waals surface area contributed by atoms with Gasteiger partial charge in [-0.25, -0.2) is 0 Å². The van der Waals surface area contributed by atoms with Crippen molar-refractivity contribution in [1.29, 1.82) is 0 Å². The Labute approximate surface area is 156 Å². The first-order chi connectivity index (χ1) is 12.8. The molecule has 1 aromatic heterocycles. The number of piperazine rings is 1. The highest BCUT2D eigenvalue weighted by Gasteiger charge is 2.30. The molecule has 0 N–H and O–H groups in total. The largest absolute Gasteiger partial charge is 0.416 e. The molecule has 1 fully saturated rings. The SMILES string of the molecule is Cc1ccnn1CCC(=O)N1CCN(Cc2cccc(C(F)(F)F)c2)CC1. The second kappa shape index (κ2) is 8.12. The number of aromatic nitrogens is 2. The van der Waals surface area contributed by atoms with Gasteiger partial charge in [0, 0.05) is 57.6 Å². The minimum absolute atomic E-state index is 0.0867. The Morgan fingerprint density at radius 3 is 2.52 bits per heavy atom. The maximum Gasteiger partial charge on any atom is 0.416 e. The van der Waals surface area contributed by atoms with Crippen LogP contribution >= 0.6 is 0 Å². The van der Waals surface area contributed by atoms with Gasteiger partial charge in [-0.1, -0.05) is 18.2 Å². The van der Waals surface area contributed by atoms with Crippen LogP contribution in [0.3, 0.4) is 0 Å². The Hall–Kier alpha value is -2.35. The number of benzene rings is 1. The molecule has 0 saturated carbocycles. The molecule has 0 radical (unpaired) electrons. The average molecular weight is 380 g/mol. The first kappa shape index (κ1) is 19.4. The van der Waals surface area contributed by atoms with E-state index in [2.05, 4.69) is 10.00 Å². The average Bonchev–Trinajstić information content (AvgIpc) is 3.05. The fourth-order valence-corrected chi connectivity index (χ4v) is 3.25. The maximum atomic E-state index is 12.8. The van der Waals surface area contributed by atoms with Crippen molar-refractivity contribution in [3.8, 4) is 0 Å². The van der Waals surface area contributed by atoms with E-state index in [1.807, 2.05) is 22.6 Å². The fourth-order valence-electron chi connectivity index (χ4n) is 3.25. The van der Waals surface area contributed by atoms with Crippen LogP contribution in [0.4, 0.5) is 13.2 Å². The molecule has 27 heavy (non-hydrogen) atoms. The number of hydrogen-bond acceptors (Lipinski definition) is 3. The molecule has 0 atom stereocenters. The lowest BCUT2D eigenvalue weighted by Crippen LogP contribution is -2.48. The molecule has 1 aliphatic rings. The third-order valence-corrected chi connectivity index (χ3v) is 4.85. The third kappa shape index (κ3) is 5.09. The number of carbonyl (C=O) groups excluding carboxylic acids is 1. The summed E-state index contributed by atoms with van der Waals surface area (Å²) in [5, 5.41) is 4.17. The van der Waals surface area contributed by atoms with Crippen molar-refractivity contribution in [2.75, 3.05) is 26.2 Å². The zero-order valence-electron chi connectivity index (χ0n) is 15.2. The zero-order chi connectivity index (χ0) is 19.4. The summed E-state index contributed by atoms with van der Waals surface area (Å²) in [6.07, 6.45) is -2.21. The van der Waals surface area contributed by atoms with Crippen molar-refractivity contribution in [2.45, 2.75) is 32.6 Å². The lowest BCUT2D eigenvalue weighted by Gasteiger charge is -2.35. The fraction of sp³-hybridized carbons (Fsp3) is 0.474. The van der Waals surface area contributed by atoms with Gasteiger partial charge in [0.25, 0.3) is 0 Å². The van der Waals surface area contributed by atoms with Crippen LogP contribution in [0.2, 0.25) is 0 Å². The lowest BCUT2D eigenvalue weighted by molar-refractivity contribution is -0.137. The quantitative estimate of drug-likeness (QED) is 0.801. The highest BCUT2D eigenvalue weighted by Crippen LogP contribution is 2.29. The van der Waals surface area contributed by atoms with Gasteiger partial charge in [-0.3, -0.25) is 14.4 Å². The van der Waals surface area contributed by atoms with E-state index in [1.54, 1.807) is 12.3 Å². The summed E-state index contributed by atoms with van der Waals surface area (Å²) in [6, 6.07) is 7.33. The van der Waals surface area contributed by atoms with Gasteiger partial charge in [-0.05, 0) is 24.6 Å². The van der Waals surface area contributed by atoms with Crippen molar-refractivity contribution >= 4 is 5.91 Å². The molecular weight excluding hydrogens is 357 g/mol. The number of carbonyl (C=O) groups is 1. The molecule has 1 amide bonds. The van der Waals surface area contributed by atoms with Gasteiger partial charge in [-0.2, -0.15) is 18.3 Å². The van der Waals surface area contributed by atoms with Gasteiger partial charge < -0.3 is 4.90 Å². The van der Waals surface area contributed by atoms with E-state index in [-0.39, 0.29) is 5.91 Å². The Balaban J connectivity index is 1.47. The normalized spacial score (nSPS) is 15.9. The maximum absolute atomic E-state index is 12.8. The summed E-state index contributed by atoms with van der Waals surface area (Å²) >= 11 is 0. The van der Waals surface area contributed by atoms with Gasteiger partial charge in [0.15, 0.2) is 0 Å². The smallest absolute Gasteiger partial charge is 0.340 e. The minimum Gasteiger partial charge on any atom is -0.340 e. The van der Waals surface area contributed by atoms with Crippen molar-refractivity contribution in [1.82, 2.24) is 19.6 Å². The van der Waals surface area contributed by atoms with Crippen LogP contribution in [-0.4, -0.2) is 51.7 Å². The summed E-state index contributed by atoms with van der Waals surface area (Å²) in [4.78, 5) is 16.3. The number of aryl methyl sites for hydroxylation is 2. The molecule has 0 spiro atoms. The van der Waals surface area contributed by atoms with Crippen molar-refractivity contribution < 1.29 is 18.0 Å². The van der Waals surface area contributed by atoms with Crippen LogP contribution in [-0.2, 0) is 24.1 Å². The second-order valence-electron chi connectivity index (χ2n) is 6.80. The Morgan fingerprint density at radius 1 is 1.15 bits per heavy atom. The number of halogens is 3. The molecule has 1 aliphatic heterocycles. The molecular formula is C19H23F3N4O. The van der Waals surface area contributed by atoms with Crippen LogP contribution in [0.25, 0.3) is 0 Å². The molecule has 8 heteroatoms. The molecule has 1 saturated heterocycles. The van der Waals surface area contributed by atoms with Gasteiger partial charge in [0.05, 0.1) is 5.56 Å². The molecule has 2 heterocycles. The number of rotatable bonds is 5. The first-order valence-corrected chi connectivity index (χ1v) is 8.97. The molecule has 0 bridgehead atoms. The van der Waals surface area contributed by atoms with E-state index < -0.39 is 11.7 Å². The lowest BCUT2D eigenvalue weighted by atomic mass is 10.1. The summed E-state index contributed by atoms with van der Waals surface area (Å²) in [7, 11) is 0. The second-order valence-corrected chi connectivity index (χ2v) is 6.80. The number of nitrogens with zero attached hydrogens (tertiary/aromatic N) is 4. The standard InChI is InChI=1S/C19H23F3N4O/c1-15-5-7-23-26(15)8-6-18(27)25-11-9-24(10-12-25)14-16-3-2-4-17(13-16)19(20,21)22/h2-5,7,13H,6,8-12,14H2,1H3. The first-order valence-electron chi connectivity index (χ1n) is 8.97. The van der Waals surface area contributed by atoms with Gasteiger partial charge in [0.2, 0.25) is 5.91 Å². The molecule has 0 unspecified atom stereocenters. The molecule has 1 aromatic carbocycles. The topological polar surface area (TPSA) is 41.4 Å². The van der Waals surface area contributed by atoms with E-state index in [0.717, 1.165) is 11.8 Å². The molecule has 5 nitrogen and oxygen atoms in total. The summed E-state index contributed by atoms with van der Waals surface area (Å²) < 4.78 is 40.3. The molecule has 0 aliphatic carbocycles.